The minimum absolute atomic E-state index is 0.0808. The number of hydrogen-bond donors (Lipinski definition) is 0. The first-order valence-electron chi connectivity index (χ1n) is 9.86. The molecule has 1 aromatic heterocycles. The van der Waals surface area contributed by atoms with Gasteiger partial charge in [-0.05, 0) is 51.0 Å². The lowest BCUT2D eigenvalue weighted by molar-refractivity contribution is -0.142. The van der Waals surface area contributed by atoms with Crippen LogP contribution in [0.4, 0.5) is 23.2 Å². The summed E-state index contributed by atoms with van der Waals surface area (Å²) in [5, 5.41) is 8.61. The molecule has 0 N–H and O–H groups in total. The number of nitrogens with zero attached hydrogens (tertiary/aromatic N) is 5. The number of allylic oxidation sites excluding steroid dienone is 2. The van der Waals surface area contributed by atoms with E-state index >= 15 is 0 Å². The van der Waals surface area contributed by atoms with Crippen molar-refractivity contribution in [3.63, 3.8) is 0 Å². The highest BCUT2D eigenvalue weighted by Gasteiger charge is 2.42. The van der Waals surface area contributed by atoms with E-state index in [9.17, 15) is 22.4 Å². The monoisotopic (exact) mass is 471 g/mol. The van der Waals surface area contributed by atoms with Crippen molar-refractivity contribution in [2.75, 3.05) is 11.6 Å². The number of carbonyl (C=O) groups is 1. The fourth-order valence-electron chi connectivity index (χ4n) is 3.83. The Bertz CT molecular complexity index is 1060. The highest BCUT2D eigenvalue weighted by Crippen LogP contribution is 2.38. The summed E-state index contributed by atoms with van der Waals surface area (Å²) in [7, 11) is 0. The largest absolute Gasteiger partial charge is 0.436 e. The van der Waals surface area contributed by atoms with Gasteiger partial charge in [0.25, 0.3) is 5.91 Å². The Hall–Kier alpha value is -2.88. The third-order valence-corrected chi connectivity index (χ3v) is 5.90. The number of hydrogen-bond acceptors (Lipinski definition) is 4. The predicted octanol–water partition coefficient (Wildman–Crippen LogP) is 5.54. The fourth-order valence-corrected chi connectivity index (χ4v) is 4.06. The maximum Gasteiger partial charge on any atom is 0.436 e. The second-order valence-electron chi connectivity index (χ2n) is 7.30. The van der Waals surface area contributed by atoms with Gasteiger partial charge in [0.2, 0.25) is 0 Å². The van der Waals surface area contributed by atoms with E-state index in [1.165, 1.54) is 41.1 Å². The van der Waals surface area contributed by atoms with E-state index in [-0.39, 0.29) is 18.7 Å². The van der Waals surface area contributed by atoms with Crippen molar-refractivity contribution in [1.29, 1.82) is 0 Å². The first kappa shape index (κ1) is 23.8. The Morgan fingerprint density at radius 3 is 2.47 bits per heavy atom. The number of anilines is 1. The lowest BCUT2D eigenvalue weighted by atomic mass is 10.2. The van der Waals surface area contributed by atoms with Gasteiger partial charge in [-0.1, -0.05) is 18.5 Å². The van der Waals surface area contributed by atoms with E-state index in [1.807, 2.05) is 6.92 Å². The van der Waals surface area contributed by atoms with Crippen LogP contribution in [0.5, 0.6) is 0 Å². The van der Waals surface area contributed by atoms with Crippen LogP contribution < -0.4 is 5.01 Å². The molecule has 1 unspecified atom stereocenters. The third kappa shape index (κ3) is 4.23. The van der Waals surface area contributed by atoms with Crippen molar-refractivity contribution in [2.24, 2.45) is 5.10 Å². The van der Waals surface area contributed by atoms with Gasteiger partial charge in [0.15, 0.2) is 5.69 Å². The zero-order chi connectivity index (χ0) is 23.8. The normalized spacial score (nSPS) is 17.6. The molecular weight excluding hydrogens is 450 g/mol. The van der Waals surface area contributed by atoms with E-state index < -0.39 is 34.7 Å². The van der Waals surface area contributed by atoms with Crippen molar-refractivity contribution in [3.8, 4) is 0 Å². The molecular formula is C21H22ClF4N5O. The molecule has 1 aliphatic heterocycles. The summed E-state index contributed by atoms with van der Waals surface area (Å²) >= 11 is 5.85. The first-order chi connectivity index (χ1) is 15.0. The Labute approximate surface area is 187 Å². The lowest BCUT2D eigenvalue weighted by Crippen LogP contribution is -2.31. The number of benzene rings is 1. The molecule has 6 nitrogen and oxygen atoms in total. The summed E-state index contributed by atoms with van der Waals surface area (Å²) in [6.45, 7) is 8.85. The standard InChI is InChI=1S/C21H22ClF4N5O/c1-5-16(31(27-4)15-8-6-14(23)7-9-15)12(2)29-11-10-17(20(29)32)30-13(3)18(22)19(28-30)21(24,25)26/h6-9,17H,4-5,10-11H2,1-3H3/b16-12+. The van der Waals surface area contributed by atoms with Gasteiger partial charge in [0.05, 0.1) is 22.1 Å². The highest BCUT2D eigenvalue weighted by atomic mass is 35.5. The van der Waals surface area contributed by atoms with E-state index in [4.69, 9.17) is 11.6 Å². The lowest BCUT2D eigenvalue weighted by Gasteiger charge is -2.27. The minimum Gasteiger partial charge on any atom is -0.313 e. The van der Waals surface area contributed by atoms with Crippen LogP contribution in [0.2, 0.25) is 5.02 Å². The van der Waals surface area contributed by atoms with Crippen molar-refractivity contribution in [2.45, 2.75) is 45.8 Å². The van der Waals surface area contributed by atoms with Gasteiger partial charge in [0.1, 0.15) is 11.9 Å². The maximum atomic E-state index is 13.3. The number of aromatic nitrogens is 2. The molecule has 1 aromatic carbocycles. The SMILES string of the molecule is C=NN(/C(CC)=C(\C)N1CCC(n2nc(C(F)(F)F)c(Cl)c2C)C1=O)c1ccc(F)cc1. The van der Waals surface area contributed by atoms with Crippen LogP contribution in [0.25, 0.3) is 0 Å². The molecule has 1 atom stereocenters. The average Bonchev–Trinajstić information content (AvgIpc) is 3.26. The predicted molar refractivity (Wildman–Crippen MR) is 114 cm³/mol. The molecule has 32 heavy (non-hydrogen) atoms. The average molecular weight is 472 g/mol. The first-order valence-corrected chi connectivity index (χ1v) is 10.2. The molecule has 11 heteroatoms. The summed E-state index contributed by atoms with van der Waals surface area (Å²) in [5.74, 6) is -0.798. The van der Waals surface area contributed by atoms with Crippen LogP contribution in [0.3, 0.4) is 0 Å². The van der Waals surface area contributed by atoms with E-state index in [1.54, 1.807) is 6.92 Å². The van der Waals surface area contributed by atoms with E-state index in [0.717, 1.165) is 4.68 Å². The molecule has 1 saturated heterocycles. The Balaban J connectivity index is 1.95. The molecule has 0 aliphatic carbocycles. The summed E-state index contributed by atoms with van der Waals surface area (Å²) in [4.78, 5) is 14.7. The number of likely N-dealkylation sites (tertiary alicyclic amines) is 1. The summed E-state index contributed by atoms with van der Waals surface area (Å²) in [6.07, 6.45) is -3.98. The molecule has 1 fully saturated rings. The smallest absolute Gasteiger partial charge is 0.313 e. The Morgan fingerprint density at radius 1 is 1.34 bits per heavy atom. The van der Waals surface area contributed by atoms with Gasteiger partial charge < -0.3 is 4.90 Å². The molecule has 1 aliphatic rings. The van der Waals surface area contributed by atoms with Crippen molar-refractivity contribution >= 4 is 29.9 Å². The second-order valence-corrected chi connectivity index (χ2v) is 7.68. The van der Waals surface area contributed by atoms with Crippen molar-refractivity contribution < 1.29 is 22.4 Å². The summed E-state index contributed by atoms with van der Waals surface area (Å²) < 4.78 is 53.9. The third-order valence-electron chi connectivity index (χ3n) is 5.44. The van der Waals surface area contributed by atoms with Crippen LogP contribution in [-0.2, 0) is 11.0 Å². The number of rotatable bonds is 6. The highest BCUT2D eigenvalue weighted by molar-refractivity contribution is 6.32. The number of alkyl halides is 3. The topological polar surface area (TPSA) is 53.7 Å². The minimum atomic E-state index is -4.72. The van der Waals surface area contributed by atoms with Gasteiger partial charge >= 0.3 is 6.18 Å². The molecule has 0 saturated carbocycles. The fraction of sp³-hybridized carbons (Fsp3) is 0.381. The summed E-state index contributed by atoms with van der Waals surface area (Å²) in [6, 6.07) is 4.74. The number of hydrazone groups is 1. The summed E-state index contributed by atoms with van der Waals surface area (Å²) in [5.41, 5.74) is 0.654. The molecule has 172 valence electrons. The quantitative estimate of drug-likeness (QED) is 0.316. The van der Waals surface area contributed by atoms with Gasteiger partial charge in [-0.2, -0.15) is 23.4 Å². The molecule has 3 rings (SSSR count). The van der Waals surface area contributed by atoms with Gasteiger partial charge in [-0.25, -0.2) is 9.40 Å². The van der Waals surface area contributed by atoms with E-state index in [2.05, 4.69) is 16.9 Å². The van der Waals surface area contributed by atoms with Crippen molar-refractivity contribution in [1.82, 2.24) is 14.7 Å². The molecule has 2 heterocycles. The molecule has 1 amide bonds. The van der Waals surface area contributed by atoms with Crippen LogP contribution in [-0.4, -0.2) is 33.8 Å². The van der Waals surface area contributed by atoms with Gasteiger partial charge in [-0.15, -0.1) is 0 Å². The number of amides is 1. The zero-order valence-electron chi connectivity index (χ0n) is 17.7. The number of halogens is 5. The van der Waals surface area contributed by atoms with Crippen LogP contribution >= 0.6 is 11.6 Å². The van der Waals surface area contributed by atoms with Gasteiger partial charge in [0, 0.05) is 19.0 Å². The Kier molecular flexibility index (Phi) is 6.64. The van der Waals surface area contributed by atoms with Crippen LogP contribution in [0.15, 0.2) is 40.8 Å². The van der Waals surface area contributed by atoms with Gasteiger partial charge in [-0.3, -0.25) is 9.48 Å². The van der Waals surface area contributed by atoms with Crippen LogP contribution in [0.1, 0.15) is 44.1 Å². The molecule has 2 aromatic rings. The van der Waals surface area contributed by atoms with Crippen LogP contribution in [0, 0.1) is 12.7 Å². The Morgan fingerprint density at radius 2 is 1.97 bits per heavy atom. The molecule has 0 bridgehead atoms. The maximum absolute atomic E-state index is 13.3. The molecule has 0 spiro atoms. The van der Waals surface area contributed by atoms with E-state index in [0.29, 0.717) is 23.5 Å². The molecule has 0 radical (unpaired) electrons. The zero-order valence-corrected chi connectivity index (χ0v) is 18.5. The van der Waals surface area contributed by atoms with Crippen molar-refractivity contribution in [3.05, 3.63) is 57.9 Å². The second kappa shape index (κ2) is 8.93. The number of carbonyl (C=O) groups excluding carboxylic acids is 1.